The summed E-state index contributed by atoms with van der Waals surface area (Å²) in [6, 6.07) is 1.87. The molecule has 0 unspecified atom stereocenters. The third-order valence-corrected chi connectivity index (χ3v) is 5.87. The zero-order chi connectivity index (χ0) is 20.4. The topological polar surface area (TPSA) is 96.7 Å². The average molecular weight is 398 g/mol. The molecule has 2 aromatic rings. The van der Waals surface area contributed by atoms with Crippen molar-refractivity contribution in [2.24, 2.45) is 0 Å². The van der Waals surface area contributed by atoms with Gasteiger partial charge in [0.15, 0.2) is 0 Å². The van der Waals surface area contributed by atoms with Gasteiger partial charge in [0.05, 0.1) is 18.6 Å². The maximum Gasteiger partial charge on any atom is 0.268 e. The Bertz CT molecular complexity index is 990. The van der Waals surface area contributed by atoms with E-state index in [9.17, 15) is 14.7 Å². The molecule has 3 heterocycles. The molecule has 0 aromatic carbocycles. The summed E-state index contributed by atoms with van der Waals surface area (Å²) in [6.45, 7) is 7.42. The normalized spacial score (nSPS) is 17.8. The van der Waals surface area contributed by atoms with Crippen LogP contribution in [-0.2, 0) is 11.3 Å². The number of hydrogen-bond donors (Lipinski definition) is 2. The lowest BCUT2D eigenvalue weighted by Gasteiger charge is -2.27. The van der Waals surface area contributed by atoms with Crippen molar-refractivity contribution in [2.75, 3.05) is 32.8 Å². The number of morpholine rings is 1. The van der Waals surface area contributed by atoms with Crippen molar-refractivity contribution < 1.29 is 14.6 Å². The van der Waals surface area contributed by atoms with Gasteiger partial charge in [0.1, 0.15) is 17.0 Å². The Morgan fingerprint density at radius 2 is 2.10 bits per heavy atom. The molecule has 1 saturated carbocycles. The van der Waals surface area contributed by atoms with Crippen molar-refractivity contribution in [1.82, 2.24) is 19.8 Å². The molecule has 2 N–H and O–H groups in total. The minimum absolute atomic E-state index is 0.271. The van der Waals surface area contributed by atoms with E-state index in [-0.39, 0.29) is 11.3 Å². The highest BCUT2D eigenvalue weighted by Crippen LogP contribution is 2.38. The number of amides is 1. The number of carbonyl (C=O) groups excluding carboxylic acids is 1. The second-order valence-corrected chi connectivity index (χ2v) is 7.58. The van der Waals surface area contributed by atoms with E-state index >= 15 is 0 Å². The third kappa shape index (κ3) is 3.77. The molecule has 0 atom stereocenters. The molecule has 29 heavy (non-hydrogen) atoms. The van der Waals surface area contributed by atoms with Crippen molar-refractivity contribution in [3.63, 3.8) is 0 Å². The van der Waals surface area contributed by atoms with Crippen molar-refractivity contribution >= 4 is 16.9 Å². The Morgan fingerprint density at radius 1 is 1.34 bits per heavy atom. The molecule has 0 radical (unpaired) electrons. The number of fused-ring (bicyclic) bond motifs is 1. The van der Waals surface area contributed by atoms with E-state index in [1.165, 1.54) is 17.2 Å². The van der Waals surface area contributed by atoms with Gasteiger partial charge in [-0.15, -0.1) is 0 Å². The van der Waals surface area contributed by atoms with E-state index in [2.05, 4.69) is 21.8 Å². The molecule has 1 saturated heterocycles. The summed E-state index contributed by atoms with van der Waals surface area (Å²) in [6.07, 6.45) is 6.36. The number of pyridine rings is 2. The smallest absolute Gasteiger partial charge is 0.268 e. The van der Waals surface area contributed by atoms with E-state index in [4.69, 9.17) is 4.74 Å². The largest absolute Gasteiger partial charge is 0.506 e. The predicted octanol–water partition coefficient (Wildman–Crippen LogP) is 1.58. The monoisotopic (exact) mass is 398 g/mol. The fraction of sp³-hybridized carbons (Fsp3) is 0.476. The summed E-state index contributed by atoms with van der Waals surface area (Å²) in [4.78, 5) is 32.3. The van der Waals surface area contributed by atoms with Crippen molar-refractivity contribution in [1.29, 1.82) is 0 Å². The van der Waals surface area contributed by atoms with Gasteiger partial charge in [-0.05, 0) is 36.6 Å². The van der Waals surface area contributed by atoms with E-state index in [0.29, 0.717) is 43.3 Å². The maximum absolute atomic E-state index is 13.1. The van der Waals surface area contributed by atoms with Crippen LogP contribution in [0.15, 0.2) is 29.8 Å². The standard InChI is InChI=1S/C21H26N4O4/c1-2-22-20(27)17-18(26)16-12-15(14-4-3-5-14)13-23-19(16)25(21(17)28)7-6-24-8-10-29-11-9-24/h2,12-14,26H,1,3-11H2,(H,22,27). The second-order valence-electron chi connectivity index (χ2n) is 7.58. The van der Waals surface area contributed by atoms with Crippen LogP contribution >= 0.6 is 0 Å². The lowest BCUT2D eigenvalue weighted by atomic mass is 9.80. The van der Waals surface area contributed by atoms with Gasteiger partial charge < -0.3 is 15.2 Å². The fourth-order valence-electron chi connectivity index (χ4n) is 3.94. The lowest BCUT2D eigenvalue weighted by Crippen LogP contribution is -2.40. The molecule has 1 aliphatic heterocycles. The molecule has 2 aromatic heterocycles. The molecular formula is C21H26N4O4. The first-order valence-electron chi connectivity index (χ1n) is 10.1. The zero-order valence-electron chi connectivity index (χ0n) is 16.4. The van der Waals surface area contributed by atoms with Crippen LogP contribution in [-0.4, -0.2) is 58.3 Å². The zero-order valence-corrected chi connectivity index (χ0v) is 16.4. The number of carbonyl (C=O) groups is 1. The van der Waals surface area contributed by atoms with Crippen LogP contribution in [0.2, 0.25) is 0 Å². The molecule has 8 nitrogen and oxygen atoms in total. The minimum atomic E-state index is -0.668. The highest BCUT2D eigenvalue weighted by Gasteiger charge is 2.25. The van der Waals surface area contributed by atoms with E-state index in [1.807, 2.05) is 6.07 Å². The summed E-state index contributed by atoms with van der Waals surface area (Å²) >= 11 is 0. The third-order valence-electron chi connectivity index (χ3n) is 5.87. The SMILES string of the molecule is C=CNC(=O)c1c(O)c2cc(C3CCC3)cnc2n(CCN2CCOCC2)c1=O. The van der Waals surface area contributed by atoms with Crippen molar-refractivity contribution in [3.05, 3.63) is 46.5 Å². The Morgan fingerprint density at radius 3 is 2.76 bits per heavy atom. The van der Waals surface area contributed by atoms with Crippen LogP contribution < -0.4 is 10.9 Å². The van der Waals surface area contributed by atoms with Crippen LogP contribution in [0.3, 0.4) is 0 Å². The van der Waals surface area contributed by atoms with Gasteiger partial charge in [-0.25, -0.2) is 4.98 Å². The second kappa shape index (κ2) is 8.34. The van der Waals surface area contributed by atoms with E-state index < -0.39 is 11.5 Å². The molecule has 0 spiro atoms. The number of ether oxygens (including phenoxy) is 1. The average Bonchev–Trinajstić information content (AvgIpc) is 2.68. The first kappa shape index (κ1) is 19.6. The Balaban J connectivity index is 1.79. The molecule has 154 valence electrons. The first-order valence-corrected chi connectivity index (χ1v) is 10.1. The number of aromatic nitrogens is 2. The molecule has 1 amide bonds. The van der Waals surface area contributed by atoms with Gasteiger partial charge in [-0.1, -0.05) is 13.0 Å². The first-order chi connectivity index (χ1) is 14.1. The molecule has 4 rings (SSSR count). The highest BCUT2D eigenvalue weighted by atomic mass is 16.5. The molecule has 2 fully saturated rings. The lowest BCUT2D eigenvalue weighted by molar-refractivity contribution is 0.0364. The summed E-state index contributed by atoms with van der Waals surface area (Å²) in [7, 11) is 0. The quantitative estimate of drug-likeness (QED) is 0.767. The van der Waals surface area contributed by atoms with Crippen LogP contribution in [0.25, 0.3) is 11.0 Å². The maximum atomic E-state index is 13.1. The molecule has 2 aliphatic rings. The van der Waals surface area contributed by atoms with Gasteiger partial charge in [0, 0.05) is 32.4 Å². The molecule has 1 aliphatic carbocycles. The Hall–Kier alpha value is -2.71. The van der Waals surface area contributed by atoms with Crippen molar-refractivity contribution in [3.8, 4) is 5.75 Å². The minimum Gasteiger partial charge on any atom is -0.506 e. The van der Waals surface area contributed by atoms with Gasteiger partial charge in [-0.2, -0.15) is 0 Å². The number of rotatable bonds is 6. The van der Waals surface area contributed by atoms with E-state index in [1.54, 1.807) is 6.20 Å². The van der Waals surface area contributed by atoms with Crippen LogP contribution in [0.1, 0.15) is 41.1 Å². The van der Waals surface area contributed by atoms with Crippen LogP contribution in [0, 0.1) is 0 Å². The van der Waals surface area contributed by atoms with Gasteiger partial charge in [0.25, 0.3) is 11.5 Å². The van der Waals surface area contributed by atoms with Gasteiger partial charge in [-0.3, -0.25) is 19.1 Å². The summed E-state index contributed by atoms with van der Waals surface area (Å²) in [5.74, 6) is -0.565. The fourth-order valence-corrected chi connectivity index (χ4v) is 3.94. The summed E-state index contributed by atoms with van der Waals surface area (Å²) < 4.78 is 6.87. The molecular weight excluding hydrogens is 372 g/mol. The number of nitrogens with zero attached hydrogens (tertiary/aromatic N) is 3. The van der Waals surface area contributed by atoms with Gasteiger partial charge in [0.2, 0.25) is 0 Å². The number of aromatic hydroxyl groups is 1. The molecule has 0 bridgehead atoms. The van der Waals surface area contributed by atoms with Crippen LogP contribution in [0.4, 0.5) is 0 Å². The Labute approximate surface area is 168 Å². The summed E-state index contributed by atoms with van der Waals surface area (Å²) in [5, 5.41) is 13.6. The molecule has 8 heteroatoms. The van der Waals surface area contributed by atoms with Crippen molar-refractivity contribution in [2.45, 2.75) is 31.7 Å². The van der Waals surface area contributed by atoms with E-state index in [0.717, 1.165) is 31.5 Å². The van der Waals surface area contributed by atoms with Crippen LogP contribution in [0.5, 0.6) is 5.75 Å². The number of nitrogens with one attached hydrogen (secondary N) is 1. The Kier molecular flexibility index (Phi) is 5.64. The summed E-state index contributed by atoms with van der Waals surface area (Å²) in [5.41, 5.74) is 0.616. The predicted molar refractivity (Wildman–Crippen MR) is 109 cm³/mol. The van der Waals surface area contributed by atoms with Gasteiger partial charge >= 0.3 is 0 Å². The highest BCUT2D eigenvalue weighted by molar-refractivity contribution is 6.02. The number of hydrogen-bond acceptors (Lipinski definition) is 6.